The second-order valence-electron chi connectivity index (χ2n) is 5.20. The van der Waals surface area contributed by atoms with Crippen molar-refractivity contribution in [1.29, 1.82) is 10.5 Å². The molecule has 1 aromatic rings. The van der Waals surface area contributed by atoms with Crippen molar-refractivity contribution in [2.75, 3.05) is 0 Å². The summed E-state index contributed by atoms with van der Waals surface area (Å²) in [6.07, 6.45) is 2.45. The first-order chi connectivity index (χ1) is 9.08. The van der Waals surface area contributed by atoms with E-state index in [4.69, 9.17) is 5.26 Å². The van der Waals surface area contributed by atoms with Gasteiger partial charge in [0, 0.05) is 0 Å². The molecule has 0 aliphatic rings. The molecule has 0 aromatic heterocycles. The topological polar surface area (TPSA) is 47.6 Å². The van der Waals surface area contributed by atoms with E-state index in [1.54, 1.807) is 0 Å². The average molecular weight is 254 g/mol. The molecule has 0 saturated heterocycles. The molecule has 2 heteroatoms. The normalized spacial score (nSPS) is 13.4. The number of rotatable bonds is 5. The molecule has 0 bridgehead atoms. The van der Waals surface area contributed by atoms with E-state index in [0.29, 0.717) is 18.3 Å². The summed E-state index contributed by atoms with van der Waals surface area (Å²) < 4.78 is 0. The summed E-state index contributed by atoms with van der Waals surface area (Å²) in [5.41, 5.74) is 4.10. The lowest BCUT2D eigenvalue weighted by molar-refractivity contribution is 0.704. The van der Waals surface area contributed by atoms with Gasteiger partial charge in [-0.2, -0.15) is 10.5 Å². The molecule has 0 aliphatic heterocycles. The standard InChI is InChI=1S/C17H22N2/c1-5-12(3)16-10-17(13(4)6-2)15(11-19)9-14(16)7-8-18/h9-10,12-13H,5-7H2,1-4H3. The minimum Gasteiger partial charge on any atom is -0.198 e. The quantitative estimate of drug-likeness (QED) is 0.767. The second kappa shape index (κ2) is 6.95. The lowest BCUT2D eigenvalue weighted by Crippen LogP contribution is -2.04. The van der Waals surface area contributed by atoms with Crippen LogP contribution >= 0.6 is 0 Å². The Hall–Kier alpha value is -1.80. The largest absolute Gasteiger partial charge is 0.198 e. The van der Waals surface area contributed by atoms with Crippen molar-refractivity contribution < 1.29 is 0 Å². The Bertz CT molecular complexity index is 517. The van der Waals surface area contributed by atoms with E-state index in [2.05, 4.69) is 45.9 Å². The van der Waals surface area contributed by atoms with Gasteiger partial charge in [0.2, 0.25) is 0 Å². The average Bonchev–Trinajstić information content (AvgIpc) is 2.45. The van der Waals surface area contributed by atoms with Gasteiger partial charge in [0.1, 0.15) is 0 Å². The monoisotopic (exact) mass is 254 g/mol. The van der Waals surface area contributed by atoms with E-state index in [1.807, 2.05) is 6.07 Å². The van der Waals surface area contributed by atoms with Crippen LogP contribution in [-0.4, -0.2) is 0 Å². The zero-order valence-corrected chi connectivity index (χ0v) is 12.3. The summed E-state index contributed by atoms with van der Waals surface area (Å²) in [4.78, 5) is 0. The lowest BCUT2D eigenvalue weighted by Gasteiger charge is -2.19. The van der Waals surface area contributed by atoms with Crippen LogP contribution in [0.1, 0.15) is 74.6 Å². The van der Waals surface area contributed by atoms with Crippen molar-refractivity contribution in [3.05, 3.63) is 34.4 Å². The molecule has 0 heterocycles. The smallest absolute Gasteiger partial charge is 0.0994 e. The molecule has 19 heavy (non-hydrogen) atoms. The van der Waals surface area contributed by atoms with Crippen LogP contribution in [0.25, 0.3) is 0 Å². The summed E-state index contributed by atoms with van der Waals surface area (Å²) in [6, 6.07) is 8.58. The summed E-state index contributed by atoms with van der Waals surface area (Å²) in [5.74, 6) is 0.812. The summed E-state index contributed by atoms with van der Waals surface area (Å²) >= 11 is 0. The van der Waals surface area contributed by atoms with Gasteiger partial charge >= 0.3 is 0 Å². The first-order valence-corrected chi connectivity index (χ1v) is 7.02. The zero-order chi connectivity index (χ0) is 14.4. The predicted octanol–water partition coefficient (Wildman–Crippen LogP) is 4.65. The maximum absolute atomic E-state index is 9.31. The molecule has 0 N–H and O–H groups in total. The summed E-state index contributed by atoms with van der Waals surface area (Å²) in [7, 11) is 0. The molecule has 2 atom stereocenters. The van der Waals surface area contributed by atoms with Gasteiger partial charge in [-0.05, 0) is 47.4 Å². The van der Waals surface area contributed by atoms with E-state index in [9.17, 15) is 5.26 Å². The fourth-order valence-corrected chi connectivity index (χ4v) is 2.32. The molecule has 2 nitrogen and oxygen atoms in total. The molecule has 1 aromatic carbocycles. The molecule has 0 saturated carbocycles. The number of hydrogen-bond donors (Lipinski definition) is 0. The Labute approximate surface area is 116 Å². The van der Waals surface area contributed by atoms with Crippen LogP contribution in [-0.2, 0) is 6.42 Å². The van der Waals surface area contributed by atoms with E-state index in [0.717, 1.165) is 29.5 Å². The number of nitrogens with zero attached hydrogens (tertiary/aromatic N) is 2. The van der Waals surface area contributed by atoms with E-state index >= 15 is 0 Å². The Morgan fingerprint density at radius 3 is 2.05 bits per heavy atom. The molecule has 0 amide bonds. The third kappa shape index (κ3) is 3.36. The first kappa shape index (κ1) is 15.3. The third-order valence-corrected chi connectivity index (χ3v) is 3.99. The van der Waals surface area contributed by atoms with E-state index in [1.165, 1.54) is 5.56 Å². The number of nitriles is 2. The fraction of sp³-hybridized carbons (Fsp3) is 0.529. The van der Waals surface area contributed by atoms with E-state index in [-0.39, 0.29) is 0 Å². The van der Waals surface area contributed by atoms with Gasteiger partial charge in [-0.25, -0.2) is 0 Å². The Morgan fingerprint density at radius 1 is 1.00 bits per heavy atom. The van der Waals surface area contributed by atoms with Gasteiger partial charge in [0.05, 0.1) is 24.1 Å². The van der Waals surface area contributed by atoms with Crippen LogP contribution in [0.2, 0.25) is 0 Å². The van der Waals surface area contributed by atoms with Crippen molar-refractivity contribution >= 4 is 0 Å². The zero-order valence-electron chi connectivity index (χ0n) is 12.3. The van der Waals surface area contributed by atoms with Gasteiger partial charge in [0.25, 0.3) is 0 Å². The van der Waals surface area contributed by atoms with Crippen LogP contribution in [0.3, 0.4) is 0 Å². The first-order valence-electron chi connectivity index (χ1n) is 7.02. The maximum Gasteiger partial charge on any atom is 0.0994 e. The second-order valence-corrected chi connectivity index (χ2v) is 5.20. The minimum absolute atomic E-state index is 0.383. The molecule has 0 fully saturated rings. The van der Waals surface area contributed by atoms with Gasteiger partial charge in [-0.1, -0.05) is 33.8 Å². The van der Waals surface area contributed by atoms with Crippen molar-refractivity contribution in [3.8, 4) is 12.1 Å². The number of benzene rings is 1. The van der Waals surface area contributed by atoms with Crippen LogP contribution < -0.4 is 0 Å². The summed E-state index contributed by atoms with van der Waals surface area (Å²) in [6.45, 7) is 8.63. The van der Waals surface area contributed by atoms with Crippen molar-refractivity contribution in [1.82, 2.24) is 0 Å². The molecule has 0 spiro atoms. The Balaban J connectivity index is 3.44. The summed E-state index contributed by atoms with van der Waals surface area (Å²) in [5, 5.41) is 18.3. The fourth-order valence-electron chi connectivity index (χ4n) is 2.32. The predicted molar refractivity (Wildman–Crippen MR) is 77.9 cm³/mol. The maximum atomic E-state index is 9.31. The molecular formula is C17H22N2. The highest BCUT2D eigenvalue weighted by atomic mass is 14.3. The molecule has 0 aliphatic carbocycles. The van der Waals surface area contributed by atoms with Crippen molar-refractivity contribution in [3.63, 3.8) is 0 Å². The molecular weight excluding hydrogens is 232 g/mol. The Morgan fingerprint density at radius 2 is 1.58 bits per heavy atom. The molecule has 1 rings (SSSR count). The van der Waals surface area contributed by atoms with Crippen LogP contribution in [0.4, 0.5) is 0 Å². The highest BCUT2D eigenvalue weighted by Crippen LogP contribution is 2.31. The minimum atomic E-state index is 0.383. The van der Waals surface area contributed by atoms with Crippen LogP contribution in [0.5, 0.6) is 0 Å². The molecule has 2 unspecified atom stereocenters. The van der Waals surface area contributed by atoms with Crippen LogP contribution in [0.15, 0.2) is 12.1 Å². The van der Waals surface area contributed by atoms with Gasteiger partial charge < -0.3 is 0 Å². The van der Waals surface area contributed by atoms with Gasteiger partial charge in [0.15, 0.2) is 0 Å². The highest BCUT2D eigenvalue weighted by molar-refractivity contribution is 5.48. The molecule has 100 valence electrons. The number of hydrogen-bond acceptors (Lipinski definition) is 2. The highest BCUT2D eigenvalue weighted by Gasteiger charge is 2.16. The lowest BCUT2D eigenvalue weighted by atomic mass is 9.85. The molecule has 0 radical (unpaired) electrons. The van der Waals surface area contributed by atoms with Gasteiger partial charge in [-0.3, -0.25) is 0 Å². The van der Waals surface area contributed by atoms with Crippen molar-refractivity contribution in [2.45, 2.75) is 58.8 Å². The third-order valence-electron chi connectivity index (χ3n) is 3.99. The Kier molecular flexibility index (Phi) is 5.58. The van der Waals surface area contributed by atoms with Crippen molar-refractivity contribution in [2.24, 2.45) is 0 Å². The van der Waals surface area contributed by atoms with E-state index < -0.39 is 0 Å². The SMILES string of the molecule is CCC(C)c1cc(C(C)CC)c(CC#N)cc1C#N. The van der Waals surface area contributed by atoms with Crippen LogP contribution in [0, 0.1) is 22.7 Å². The van der Waals surface area contributed by atoms with Gasteiger partial charge in [-0.15, -0.1) is 0 Å².